The second kappa shape index (κ2) is 8.88. The van der Waals surface area contributed by atoms with Crippen LogP contribution in [0.4, 0.5) is 4.79 Å². The van der Waals surface area contributed by atoms with Crippen LogP contribution in [0.25, 0.3) is 6.08 Å². The number of nitrogens with zero attached hydrogens (tertiary/aromatic N) is 1. The lowest BCUT2D eigenvalue weighted by atomic mass is 10.1. The average molecular weight is 330 g/mol. The molecule has 1 saturated heterocycles. The number of hydrogen-bond donors (Lipinski definition) is 1. The molecule has 1 aliphatic rings. The highest BCUT2D eigenvalue weighted by atomic mass is 16.6. The molecule has 4 heteroatoms. The van der Waals surface area contributed by atoms with Gasteiger partial charge in [0.05, 0.1) is 0 Å². The largest absolute Gasteiger partial charge is 0.444 e. The Balaban J connectivity index is 1.71. The molecule has 1 aliphatic heterocycles. The van der Waals surface area contributed by atoms with Gasteiger partial charge < -0.3 is 15.0 Å². The Morgan fingerprint density at radius 3 is 2.79 bits per heavy atom. The molecular formula is C20H30N2O2. The quantitative estimate of drug-likeness (QED) is 0.884. The van der Waals surface area contributed by atoms with Gasteiger partial charge >= 0.3 is 6.09 Å². The lowest BCUT2D eigenvalue weighted by molar-refractivity contribution is 0.0473. The van der Waals surface area contributed by atoms with Gasteiger partial charge in [0.1, 0.15) is 5.60 Å². The Bertz CT molecular complexity index is 534. The summed E-state index contributed by atoms with van der Waals surface area (Å²) in [6.07, 6.45) is 7.24. The number of rotatable bonds is 5. The van der Waals surface area contributed by atoms with E-state index in [-0.39, 0.29) is 12.1 Å². The SMILES string of the molecule is CC(C)(C)OC(=O)N[C@H]1CCCN(CC/C=C/c2ccccc2)C1. The van der Waals surface area contributed by atoms with E-state index >= 15 is 0 Å². The molecule has 0 unspecified atom stereocenters. The summed E-state index contributed by atoms with van der Waals surface area (Å²) in [4.78, 5) is 14.3. The highest BCUT2D eigenvalue weighted by Gasteiger charge is 2.23. The van der Waals surface area contributed by atoms with Crippen LogP contribution in [0.2, 0.25) is 0 Å². The zero-order valence-corrected chi connectivity index (χ0v) is 15.1. The minimum Gasteiger partial charge on any atom is -0.444 e. The third-order valence-electron chi connectivity index (χ3n) is 3.95. The van der Waals surface area contributed by atoms with Crippen LogP contribution in [0.3, 0.4) is 0 Å². The number of likely N-dealkylation sites (tertiary alicyclic amines) is 1. The minimum absolute atomic E-state index is 0.187. The minimum atomic E-state index is -0.444. The third-order valence-corrected chi connectivity index (χ3v) is 3.95. The normalized spacial score (nSPS) is 19.4. The van der Waals surface area contributed by atoms with E-state index in [0.717, 1.165) is 38.9 Å². The second-order valence-electron chi connectivity index (χ2n) is 7.39. The topological polar surface area (TPSA) is 41.6 Å². The van der Waals surface area contributed by atoms with Gasteiger partial charge in [-0.1, -0.05) is 42.5 Å². The van der Waals surface area contributed by atoms with Crippen molar-refractivity contribution in [1.29, 1.82) is 0 Å². The number of piperidine rings is 1. The summed E-state index contributed by atoms with van der Waals surface area (Å²) in [5, 5.41) is 3.00. The Hall–Kier alpha value is -1.81. The molecule has 1 amide bonds. The van der Waals surface area contributed by atoms with Crippen molar-refractivity contribution in [3.8, 4) is 0 Å². The predicted octanol–water partition coefficient (Wildman–Crippen LogP) is 4.08. The average Bonchev–Trinajstić information content (AvgIpc) is 2.51. The summed E-state index contributed by atoms with van der Waals surface area (Å²) in [6.45, 7) is 8.69. The number of ether oxygens (including phenoxy) is 1. The van der Waals surface area contributed by atoms with E-state index in [1.807, 2.05) is 26.8 Å². The molecule has 0 radical (unpaired) electrons. The van der Waals surface area contributed by atoms with Gasteiger partial charge in [-0.2, -0.15) is 0 Å². The van der Waals surface area contributed by atoms with Crippen LogP contribution >= 0.6 is 0 Å². The van der Waals surface area contributed by atoms with Crippen molar-refractivity contribution in [1.82, 2.24) is 10.2 Å². The predicted molar refractivity (Wildman–Crippen MR) is 98.9 cm³/mol. The number of amides is 1. The Labute approximate surface area is 145 Å². The van der Waals surface area contributed by atoms with Crippen molar-refractivity contribution in [2.24, 2.45) is 0 Å². The summed E-state index contributed by atoms with van der Waals surface area (Å²) in [5.74, 6) is 0. The molecule has 1 atom stereocenters. The highest BCUT2D eigenvalue weighted by Crippen LogP contribution is 2.13. The maximum Gasteiger partial charge on any atom is 0.407 e. The molecule has 24 heavy (non-hydrogen) atoms. The standard InChI is InChI=1S/C20H30N2O2/c1-20(2,3)24-19(23)21-18-13-9-15-22(16-18)14-8-7-12-17-10-5-4-6-11-17/h4-7,10-12,18H,8-9,13-16H2,1-3H3,(H,21,23)/b12-7+/t18-/m0/s1. The molecule has 0 saturated carbocycles. The molecule has 0 bridgehead atoms. The van der Waals surface area contributed by atoms with Gasteiger partial charge in [0.2, 0.25) is 0 Å². The van der Waals surface area contributed by atoms with Gasteiger partial charge in [-0.05, 0) is 52.1 Å². The molecule has 132 valence electrons. The zero-order chi connectivity index (χ0) is 17.4. The number of carbonyl (C=O) groups excluding carboxylic acids is 1. The van der Waals surface area contributed by atoms with Gasteiger partial charge in [-0.3, -0.25) is 0 Å². The summed E-state index contributed by atoms with van der Waals surface area (Å²) in [5.41, 5.74) is 0.793. The van der Waals surface area contributed by atoms with Crippen LogP contribution in [-0.4, -0.2) is 42.3 Å². The van der Waals surface area contributed by atoms with Gasteiger partial charge in [-0.25, -0.2) is 4.79 Å². The summed E-state index contributed by atoms with van der Waals surface area (Å²) in [6, 6.07) is 10.5. The smallest absolute Gasteiger partial charge is 0.407 e. The van der Waals surface area contributed by atoms with Gasteiger partial charge in [0.15, 0.2) is 0 Å². The number of alkyl carbamates (subject to hydrolysis) is 1. The van der Waals surface area contributed by atoms with Crippen molar-refractivity contribution >= 4 is 12.2 Å². The Kier molecular flexibility index (Phi) is 6.85. The third kappa shape index (κ3) is 7.18. The van der Waals surface area contributed by atoms with E-state index in [1.54, 1.807) is 0 Å². The first-order valence-corrected chi connectivity index (χ1v) is 8.86. The lowest BCUT2D eigenvalue weighted by Crippen LogP contribution is -2.49. The fourth-order valence-corrected chi connectivity index (χ4v) is 2.89. The van der Waals surface area contributed by atoms with E-state index in [2.05, 4.69) is 46.6 Å². The van der Waals surface area contributed by atoms with Crippen LogP contribution in [0.1, 0.15) is 45.6 Å². The second-order valence-corrected chi connectivity index (χ2v) is 7.39. The number of hydrogen-bond acceptors (Lipinski definition) is 3. The molecule has 1 aromatic carbocycles. The number of benzene rings is 1. The molecule has 0 spiro atoms. The number of carbonyl (C=O) groups is 1. The molecule has 0 aromatic heterocycles. The molecular weight excluding hydrogens is 300 g/mol. The van der Waals surface area contributed by atoms with E-state index in [1.165, 1.54) is 5.56 Å². The first kappa shape index (κ1) is 18.5. The van der Waals surface area contributed by atoms with Crippen molar-refractivity contribution in [2.45, 2.75) is 51.7 Å². The van der Waals surface area contributed by atoms with Gasteiger partial charge in [-0.15, -0.1) is 0 Å². The summed E-state index contributed by atoms with van der Waals surface area (Å²) < 4.78 is 5.34. The van der Waals surface area contributed by atoms with E-state index in [0.29, 0.717) is 0 Å². The maximum atomic E-state index is 11.9. The van der Waals surface area contributed by atoms with Crippen LogP contribution in [-0.2, 0) is 4.74 Å². The van der Waals surface area contributed by atoms with Crippen LogP contribution < -0.4 is 5.32 Å². The molecule has 1 fully saturated rings. The van der Waals surface area contributed by atoms with E-state index in [9.17, 15) is 4.79 Å². The fourth-order valence-electron chi connectivity index (χ4n) is 2.89. The molecule has 0 aliphatic carbocycles. The first-order valence-electron chi connectivity index (χ1n) is 8.86. The van der Waals surface area contributed by atoms with Crippen molar-refractivity contribution in [2.75, 3.05) is 19.6 Å². The summed E-state index contributed by atoms with van der Waals surface area (Å²) in [7, 11) is 0. The highest BCUT2D eigenvalue weighted by molar-refractivity contribution is 5.68. The molecule has 1 N–H and O–H groups in total. The first-order chi connectivity index (χ1) is 11.4. The summed E-state index contributed by atoms with van der Waals surface area (Å²) >= 11 is 0. The zero-order valence-electron chi connectivity index (χ0n) is 15.1. The molecule has 1 heterocycles. The van der Waals surface area contributed by atoms with E-state index in [4.69, 9.17) is 4.74 Å². The van der Waals surface area contributed by atoms with Crippen molar-refractivity contribution < 1.29 is 9.53 Å². The number of nitrogens with one attached hydrogen (secondary N) is 1. The fraction of sp³-hybridized carbons (Fsp3) is 0.550. The lowest BCUT2D eigenvalue weighted by Gasteiger charge is -2.33. The van der Waals surface area contributed by atoms with Crippen molar-refractivity contribution in [3.63, 3.8) is 0 Å². The van der Waals surface area contributed by atoms with Gasteiger partial charge in [0.25, 0.3) is 0 Å². The monoisotopic (exact) mass is 330 g/mol. The molecule has 4 nitrogen and oxygen atoms in total. The maximum absolute atomic E-state index is 11.9. The van der Waals surface area contributed by atoms with Crippen LogP contribution in [0.15, 0.2) is 36.4 Å². The molecule has 1 aromatic rings. The Morgan fingerprint density at radius 1 is 1.33 bits per heavy atom. The van der Waals surface area contributed by atoms with Gasteiger partial charge in [0, 0.05) is 19.1 Å². The van der Waals surface area contributed by atoms with E-state index < -0.39 is 5.60 Å². The van der Waals surface area contributed by atoms with Crippen LogP contribution in [0, 0.1) is 0 Å². The Morgan fingerprint density at radius 2 is 2.08 bits per heavy atom. The molecule has 2 rings (SSSR count). The van der Waals surface area contributed by atoms with Crippen LogP contribution in [0.5, 0.6) is 0 Å². The van der Waals surface area contributed by atoms with Crippen molar-refractivity contribution in [3.05, 3.63) is 42.0 Å².